The average molecular weight is 612 g/mol. The Hall–Kier alpha value is -2.42. The number of halogens is 2. The Kier molecular flexibility index (Phi) is 8.20. The molecule has 4 aromatic rings. The molecule has 1 atom stereocenters. The Bertz CT molecular complexity index is 1590. The number of hydrogen-bond donors (Lipinski definition) is 1. The maximum absolute atomic E-state index is 12.7. The third-order valence-electron chi connectivity index (χ3n) is 7.74. The highest BCUT2D eigenvalue weighted by molar-refractivity contribution is 7.99. The van der Waals surface area contributed by atoms with Crippen molar-refractivity contribution in [1.82, 2.24) is 4.98 Å². The van der Waals surface area contributed by atoms with Crippen molar-refractivity contribution in [2.75, 3.05) is 43.9 Å². The lowest BCUT2D eigenvalue weighted by Gasteiger charge is -2.38. The molecule has 2 aliphatic rings. The molecule has 2 aliphatic heterocycles. The fraction of sp³-hybridized carbons (Fsp3) is 0.290. The summed E-state index contributed by atoms with van der Waals surface area (Å²) in [5.74, 6) is -0.443. The van der Waals surface area contributed by atoms with Crippen molar-refractivity contribution in [3.05, 3.63) is 87.5 Å². The Morgan fingerprint density at radius 3 is 2.67 bits per heavy atom. The van der Waals surface area contributed by atoms with E-state index in [2.05, 4.69) is 58.6 Å². The molecular formula is C31H30Cl2N3O2S2+. The van der Waals surface area contributed by atoms with Crippen LogP contribution in [0.25, 0.3) is 10.9 Å². The first kappa shape index (κ1) is 27.7. The van der Waals surface area contributed by atoms with Gasteiger partial charge in [0.1, 0.15) is 6.04 Å². The normalized spacial score (nSPS) is 17.3. The van der Waals surface area contributed by atoms with E-state index in [1.165, 1.54) is 25.8 Å². The molecule has 40 heavy (non-hydrogen) atoms. The molecule has 0 saturated carbocycles. The topological polar surface area (TPSA) is 46.9 Å². The van der Waals surface area contributed by atoms with E-state index >= 15 is 0 Å². The summed E-state index contributed by atoms with van der Waals surface area (Å²) in [4.78, 5) is 25.1. The molecule has 0 amide bonds. The molecule has 1 saturated heterocycles. The second-order valence-corrected chi connectivity index (χ2v) is 12.9. The number of benzene rings is 3. The molecule has 0 aliphatic carbocycles. The first-order valence-corrected chi connectivity index (χ1v) is 16.2. The van der Waals surface area contributed by atoms with Crippen molar-refractivity contribution in [2.24, 2.45) is 0 Å². The van der Waals surface area contributed by atoms with Gasteiger partial charge in [0.15, 0.2) is 5.69 Å². The van der Waals surface area contributed by atoms with E-state index in [1.807, 2.05) is 17.8 Å². The maximum Gasteiger partial charge on any atom is 0.357 e. The van der Waals surface area contributed by atoms with Gasteiger partial charge in [0.2, 0.25) is 0 Å². The minimum atomic E-state index is -0.443. The zero-order valence-corrected chi connectivity index (χ0v) is 25.5. The molecular weight excluding hydrogens is 581 g/mol. The maximum atomic E-state index is 12.7. The van der Waals surface area contributed by atoms with Crippen LogP contribution in [0.5, 0.6) is 0 Å². The zero-order valence-electron chi connectivity index (χ0n) is 22.4. The second-order valence-electron chi connectivity index (χ2n) is 10.0. The van der Waals surface area contributed by atoms with Crippen molar-refractivity contribution >= 4 is 69.3 Å². The van der Waals surface area contributed by atoms with Crippen molar-refractivity contribution in [1.29, 1.82) is 0 Å². The number of nitrogens with zero attached hydrogens (tertiary/aromatic N) is 2. The number of aromatic nitrogens is 1. The molecule has 0 bridgehead atoms. The van der Waals surface area contributed by atoms with Gasteiger partial charge in [-0.1, -0.05) is 53.2 Å². The molecule has 1 N–H and O–H groups in total. The van der Waals surface area contributed by atoms with Crippen LogP contribution >= 0.6 is 46.7 Å². The lowest BCUT2D eigenvalue weighted by atomic mass is 9.96. The third kappa shape index (κ3) is 5.42. The molecule has 0 radical (unpaired) electrons. The summed E-state index contributed by atoms with van der Waals surface area (Å²) < 4.78 is 5.28. The number of ether oxygens (including phenoxy) is 1. The molecule has 3 heterocycles. The average Bonchev–Trinajstić information content (AvgIpc) is 3.13. The minimum Gasteiger partial charge on any atom is -0.461 e. The van der Waals surface area contributed by atoms with E-state index in [-0.39, 0.29) is 12.3 Å². The largest absolute Gasteiger partial charge is 0.461 e. The summed E-state index contributed by atoms with van der Waals surface area (Å²) in [7, 11) is 0. The van der Waals surface area contributed by atoms with Crippen LogP contribution in [0.3, 0.4) is 0 Å². The van der Waals surface area contributed by atoms with Crippen LogP contribution in [0.2, 0.25) is 10.0 Å². The summed E-state index contributed by atoms with van der Waals surface area (Å²) in [5, 5.41) is 1.84. The highest BCUT2D eigenvalue weighted by Gasteiger charge is 2.34. The Labute approximate surface area is 253 Å². The van der Waals surface area contributed by atoms with Gasteiger partial charge in [0.05, 0.1) is 49.0 Å². The summed E-state index contributed by atoms with van der Waals surface area (Å²) >= 11 is 16.7. The SMILES string of the molecule is CCOC(=O)c1cc(N2CC[NH+]([C@H]3Cc4ccccc4Sc4ccc(SC)cc43)CC2)c2c(Cl)cc(Cl)cc2n1. The molecule has 3 aromatic carbocycles. The lowest BCUT2D eigenvalue weighted by Crippen LogP contribution is -3.15. The first-order chi connectivity index (χ1) is 19.4. The Morgan fingerprint density at radius 2 is 1.90 bits per heavy atom. The molecule has 206 valence electrons. The number of nitrogens with one attached hydrogen (secondary N) is 1. The number of quaternary nitrogens is 1. The van der Waals surface area contributed by atoms with Gasteiger partial charge in [0.25, 0.3) is 0 Å². The van der Waals surface area contributed by atoms with Crippen molar-refractivity contribution in [3.8, 4) is 0 Å². The van der Waals surface area contributed by atoms with Crippen LogP contribution in [0.1, 0.15) is 34.6 Å². The molecule has 0 spiro atoms. The molecule has 0 unspecified atom stereocenters. The summed E-state index contributed by atoms with van der Waals surface area (Å²) in [5.41, 5.74) is 4.63. The van der Waals surface area contributed by atoms with Gasteiger partial charge in [-0.2, -0.15) is 0 Å². The van der Waals surface area contributed by atoms with Gasteiger partial charge in [-0.25, -0.2) is 9.78 Å². The standard InChI is InChI=1S/C31H29Cl2N3O2S2/c1-3-38-31(37)25-18-27(30-23(33)15-20(32)16-24(30)34-25)36-12-10-35(11-13-36)26-14-19-6-4-5-7-28(19)40-29-9-8-21(39-2)17-22(26)29/h4-9,15-18,26H,3,10-14H2,1-2H3/p+1/t26-/m0/s1. The predicted octanol–water partition coefficient (Wildman–Crippen LogP) is 6.59. The summed E-state index contributed by atoms with van der Waals surface area (Å²) in [6.45, 7) is 5.67. The van der Waals surface area contributed by atoms with E-state index in [0.717, 1.165) is 43.7 Å². The van der Waals surface area contributed by atoms with Gasteiger partial charge in [0, 0.05) is 37.1 Å². The van der Waals surface area contributed by atoms with E-state index in [1.54, 1.807) is 35.7 Å². The number of pyridine rings is 1. The van der Waals surface area contributed by atoms with Crippen LogP contribution in [-0.2, 0) is 11.2 Å². The van der Waals surface area contributed by atoms with Crippen LogP contribution in [-0.4, -0.2) is 50.0 Å². The minimum absolute atomic E-state index is 0.272. The van der Waals surface area contributed by atoms with Gasteiger partial charge < -0.3 is 14.5 Å². The molecule has 1 fully saturated rings. The molecule has 9 heteroatoms. The monoisotopic (exact) mass is 610 g/mol. The van der Waals surface area contributed by atoms with Crippen molar-refractivity contribution in [3.63, 3.8) is 0 Å². The summed E-state index contributed by atoms with van der Waals surface area (Å²) in [6, 6.07) is 21.4. The predicted molar refractivity (Wildman–Crippen MR) is 166 cm³/mol. The number of anilines is 1. The second kappa shape index (κ2) is 11.8. The van der Waals surface area contributed by atoms with Crippen LogP contribution in [0, 0.1) is 0 Å². The number of hydrogen-bond acceptors (Lipinski definition) is 6. The van der Waals surface area contributed by atoms with Gasteiger partial charge in [-0.05, 0) is 61.2 Å². The van der Waals surface area contributed by atoms with Gasteiger partial charge in [-0.3, -0.25) is 0 Å². The number of esters is 1. The van der Waals surface area contributed by atoms with Gasteiger partial charge in [-0.15, -0.1) is 11.8 Å². The lowest BCUT2D eigenvalue weighted by molar-refractivity contribution is -0.932. The van der Waals surface area contributed by atoms with E-state index < -0.39 is 5.97 Å². The Morgan fingerprint density at radius 1 is 1.10 bits per heavy atom. The van der Waals surface area contributed by atoms with Crippen LogP contribution in [0.15, 0.2) is 75.4 Å². The smallest absolute Gasteiger partial charge is 0.357 e. The highest BCUT2D eigenvalue weighted by atomic mass is 35.5. The van der Waals surface area contributed by atoms with Crippen LogP contribution < -0.4 is 9.80 Å². The van der Waals surface area contributed by atoms with E-state index in [0.29, 0.717) is 21.6 Å². The molecule has 5 nitrogen and oxygen atoms in total. The number of carbonyl (C=O) groups is 1. The van der Waals surface area contributed by atoms with E-state index in [9.17, 15) is 4.79 Å². The molecule has 1 aromatic heterocycles. The Balaban J connectivity index is 1.33. The van der Waals surface area contributed by atoms with Crippen molar-refractivity contribution in [2.45, 2.75) is 34.1 Å². The van der Waals surface area contributed by atoms with Crippen LogP contribution in [0.4, 0.5) is 5.69 Å². The number of fused-ring (bicyclic) bond motifs is 3. The fourth-order valence-electron chi connectivity index (χ4n) is 5.81. The van der Waals surface area contributed by atoms with Crippen molar-refractivity contribution < 1.29 is 14.4 Å². The number of carbonyl (C=O) groups excluding carboxylic acids is 1. The number of thioether (sulfide) groups is 1. The first-order valence-electron chi connectivity index (χ1n) is 13.4. The van der Waals surface area contributed by atoms with E-state index in [4.69, 9.17) is 27.9 Å². The molecule has 6 rings (SSSR count). The van der Waals surface area contributed by atoms with Gasteiger partial charge >= 0.3 is 5.97 Å². The highest BCUT2D eigenvalue weighted by Crippen LogP contribution is 2.41. The number of rotatable bonds is 5. The number of piperazine rings is 1. The third-order valence-corrected chi connectivity index (χ3v) is 10.2. The quantitative estimate of drug-likeness (QED) is 0.203. The zero-order chi connectivity index (χ0) is 27.8. The summed E-state index contributed by atoms with van der Waals surface area (Å²) in [6.07, 6.45) is 3.15. The fourth-order valence-corrected chi connectivity index (χ4v) is 7.96.